The largest absolute Gasteiger partial charge is 0.493 e. The number of aromatic nitrogens is 2. The van der Waals surface area contributed by atoms with Gasteiger partial charge in [0.25, 0.3) is 0 Å². The summed E-state index contributed by atoms with van der Waals surface area (Å²) in [6.07, 6.45) is 0.918. The molecule has 0 amide bonds. The number of aryl methyl sites for hydroxylation is 2. The molecule has 0 saturated carbocycles. The summed E-state index contributed by atoms with van der Waals surface area (Å²) in [5.74, 6) is 3.00. The van der Waals surface area contributed by atoms with Crippen LogP contribution in [0.1, 0.15) is 5.56 Å². The van der Waals surface area contributed by atoms with Gasteiger partial charge in [-0.1, -0.05) is 0 Å². The average molecular weight is 324 g/mol. The zero-order valence-corrected chi connectivity index (χ0v) is 13.5. The van der Waals surface area contributed by atoms with E-state index in [4.69, 9.17) is 24.0 Å². The van der Waals surface area contributed by atoms with Crippen LogP contribution in [-0.2, 0) is 13.0 Å². The van der Waals surface area contributed by atoms with Crippen LogP contribution in [0.3, 0.4) is 0 Å². The number of nitrogens with zero attached hydrogens (tertiary/aromatic N) is 2. The summed E-state index contributed by atoms with van der Waals surface area (Å²) in [5, 5.41) is 5.79. The smallest absolute Gasteiger partial charge is 0.231 e. The lowest BCUT2D eigenvalue weighted by molar-refractivity contribution is 0.174. The average Bonchev–Trinajstić information content (AvgIpc) is 3.21. The van der Waals surface area contributed by atoms with Crippen molar-refractivity contribution in [2.45, 2.75) is 13.0 Å². The Bertz CT molecular complexity index is 977. The number of benzene rings is 2. The molecule has 0 unspecified atom stereocenters. The maximum absolute atomic E-state index is 5.55. The fourth-order valence-corrected chi connectivity index (χ4v) is 3.54. The van der Waals surface area contributed by atoms with E-state index in [0.29, 0.717) is 11.5 Å². The Kier molecular flexibility index (Phi) is 2.71. The number of rotatable bonds is 2. The van der Waals surface area contributed by atoms with Crippen LogP contribution in [0.25, 0.3) is 22.2 Å². The molecule has 0 atom stereocenters. The fourth-order valence-electron chi connectivity index (χ4n) is 3.54. The van der Waals surface area contributed by atoms with Gasteiger partial charge in [-0.3, -0.25) is 4.68 Å². The minimum Gasteiger partial charge on any atom is -0.493 e. The number of methoxy groups -OCH3 is 2. The third-order valence-corrected chi connectivity index (χ3v) is 4.69. The zero-order chi connectivity index (χ0) is 16.3. The van der Waals surface area contributed by atoms with Crippen molar-refractivity contribution in [2.75, 3.05) is 21.0 Å². The van der Waals surface area contributed by atoms with Gasteiger partial charge in [-0.25, -0.2) is 0 Å². The monoisotopic (exact) mass is 324 g/mol. The predicted molar refractivity (Wildman–Crippen MR) is 88.1 cm³/mol. The molecule has 3 aromatic rings. The number of fused-ring (bicyclic) bond motifs is 6. The van der Waals surface area contributed by atoms with Gasteiger partial charge >= 0.3 is 0 Å². The topological polar surface area (TPSA) is 54.7 Å². The van der Waals surface area contributed by atoms with E-state index in [9.17, 15) is 0 Å². The molecule has 0 spiro atoms. The van der Waals surface area contributed by atoms with Crippen molar-refractivity contribution in [3.8, 4) is 34.3 Å². The van der Waals surface area contributed by atoms with E-state index in [1.54, 1.807) is 14.2 Å². The van der Waals surface area contributed by atoms with Crippen molar-refractivity contribution in [2.24, 2.45) is 0 Å². The molecule has 122 valence electrons. The Morgan fingerprint density at radius 2 is 1.75 bits per heavy atom. The van der Waals surface area contributed by atoms with Crippen LogP contribution in [0.5, 0.6) is 23.0 Å². The minimum atomic E-state index is 0.281. The molecule has 6 nitrogen and oxygen atoms in total. The summed E-state index contributed by atoms with van der Waals surface area (Å²) in [7, 11) is 3.28. The van der Waals surface area contributed by atoms with Gasteiger partial charge in [-0.2, -0.15) is 5.10 Å². The molecule has 0 aliphatic carbocycles. The van der Waals surface area contributed by atoms with Gasteiger partial charge in [0.15, 0.2) is 23.0 Å². The number of hydrogen-bond donors (Lipinski definition) is 0. The second kappa shape index (κ2) is 4.80. The van der Waals surface area contributed by atoms with E-state index in [1.807, 2.05) is 16.8 Å². The molecule has 0 saturated heterocycles. The first-order valence-electron chi connectivity index (χ1n) is 7.84. The van der Waals surface area contributed by atoms with Gasteiger partial charge in [0.05, 0.1) is 25.4 Å². The molecule has 2 aromatic carbocycles. The fraction of sp³-hybridized carbons (Fsp3) is 0.278. The van der Waals surface area contributed by atoms with Crippen molar-refractivity contribution in [3.63, 3.8) is 0 Å². The highest BCUT2D eigenvalue weighted by Gasteiger charge is 2.26. The first-order valence-corrected chi connectivity index (χ1v) is 7.84. The third kappa shape index (κ3) is 1.73. The molecule has 1 aromatic heterocycles. The van der Waals surface area contributed by atoms with Crippen molar-refractivity contribution < 1.29 is 18.9 Å². The van der Waals surface area contributed by atoms with Crippen LogP contribution in [0.4, 0.5) is 0 Å². The Morgan fingerprint density at radius 1 is 1.00 bits per heavy atom. The first kappa shape index (κ1) is 13.5. The molecule has 2 aliphatic rings. The van der Waals surface area contributed by atoms with Gasteiger partial charge in [0.2, 0.25) is 6.79 Å². The lowest BCUT2D eigenvalue weighted by atomic mass is 9.95. The second-order valence-electron chi connectivity index (χ2n) is 5.91. The van der Waals surface area contributed by atoms with Gasteiger partial charge in [0, 0.05) is 23.6 Å². The van der Waals surface area contributed by atoms with Gasteiger partial charge in [-0.05, 0) is 30.2 Å². The SMILES string of the molecule is COc1cc2nn3c(c2cc1OC)-c1cc2c(cc1CC3)OCO2. The lowest BCUT2D eigenvalue weighted by Gasteiger charge is -2.19. The number of ether oxygens (including phenoxy) is 4. The van der Waals surface area contributed by atoms with Crippen LogP contribution in [0, 0.1) is 0 Å². The summed E-state index contributed by atoms with van der Waals surface area (Å²) >= 11 is 0. The van der Waals surface area contributed by atoms with Gasteiger partial charge in [0.1, 0.15) is 0 Å². The summed E-state index contributed by atoms with van der Waals surface area (Å²) in [5.41, 5.74) is 4.38. The standard InChI is InChI=1S/C18H16N2O4/c1-21-14-7-12-13(8-15(14)22-2)19-20-4-3-10-5-16-17(24-9-23-16)6-11(10)18(12)20/h5-8H,3-4,9H2,1-2H3. The van der Waals surface area contributed by atoms with E-state index in [2.05, 4.69) is 12.1 Å². The Hall–Kier alpha value is -2.89. The van der Waals surface area contributed by atoms with Crippen LogP contribution in [0.15, 0.2) is 24.3 Å². The lowest BCUT2D eigenvalue weighted by Crippen LogP contribution is -2.11. The molecule has 0 radical (unpaired) electrons. The van der Waals surface area contributed by atoms with Gasteiger partial charge in [-0.15, -0.1) is 0 Å². The molecular weight excluding hydrogens is 308 g/mol. The summed E-state index contributed by atoms with van der Waals surface area (Å²) < 4.78 is 24.0. The molecule has 0 bridgehead atoms. The van der Waals surface area contributed by atoms with E-state index >= 15 is 0 Å². The van der Waals surface area contributed by atoms with Crippen molar-refractivity contribution >= 4 is 10.9 Å². The van der Waals surface area contributed by atoms with E-state index in [1.165, 1.54) is 5.56 Å². The molecule has 5 rings (SSSR count). The molecule has 0 fully saturated rings. The number of hydrogen-bond acceptors (Lipinski definition) is 5. The van der Waals surface area contributed by atoms with E-state index in [-0.39, 0.29) is 6.79 Å². The summed E-state index contributed by atoms with van der Waals surface area (Å²) in [6, 6.07) is 8.06. The molecule has 24 heavy (non-hydrogen) atoms. The first-order chi connectivity index (χ1) is 11.8. The van der Waals surface area contributed by atoms with Crippen LogP contribution in [-0.4, -0.2) is 30.8 Å². The second-order valence-corrected chi connectivity index (χ2v) is 5.91. The molecule has 0 N–H and O–H groups in total. The van der Waals surface area contributed by atoms with E-state index in [0.717, 1.165) is 46.6 Å². The van der Waals surface area contributed by atoms with E-state index < -0.39 is 0 Å². The van der Waals surface area contributed by atoms with Crippen molar-refractivity contribution in [1.29, 1.82) is 0 Å². The maximum atomic E-state index is 5.55. The molecule has 2 aliphatic heterocycles. The summed E-state index contributed by atoms with van der Waals surface area (Å²) in [4.78, 5) is 0. The molecular formula is C18H16N2O4. The highest BCUT2D eigenvalue weighted by molar-refractivity contribution is 5.97. The molecule has 3 heterocycles. The van der Waals surface area contributed by atoms with Gasteiger partial charge < -0.3 is 18.9 Å². The van der Waals surface area contributed by atoms with Crippen LogP contribution < -0.4 is 18.9 Å². The molecule has 6 heteroatoms. The third-order valence-electron chi connectivity index (χ3n) is 4.69. The Labute approximate surface area is 138 Å². The Balaban J connectivity index is 1.79. The highest BCUT2D eigenvalue weighted by atomic mass is 16.7. The predicted octanol–water partition coefficient (Wildman–Crippen LogP) is 3.01. The van der Waals surface area contributed by atoms with Crippen molar-refractivity contribution in [3.05, 3.63) is 29.8 Å². The summed E-state index contributed by atoms with van der Waals surface area (Å²) in [6.45, 7) is 1.12. The maximum Gasteiger partial charge on any atom is 0.231 e. The van der Waals surface area contributed by atoms with Crippen LogP contribution in [0.2, 0.25) is 0 Å². The Morgan fingerprint density at radius 3 is 2.54 bits per heavy atom. The van der Waals surface area contributed by atoms with Crippen LogP contribution >= 0.6 is 0 Å². The zero-order valence-electron chi connectivity index (χ0n) is 13.5. The highest BCUT2D eigenvalue weighted by Crippen LogP contribution is 2.44. The normalized spacial score (nSPS) is 14.4. The minimum absolute atomic E-state index is 0.281. The van der Waals surface area contributed by atoms with Crippen molar-refractivity contribution in [1.82, 2.24) is 9.78 Å². The quantitative estimate of drug-likeness (QED) is 0.725.